The predicted molar refractivity (Wildman–Crippen MR) is 71.0 cm³/mol. The smallest absolute Gasteiger partial charge is 0.211 e. The highest BCUT2D eigenvalue weighted by molar-refractivity contribution is 7.89. The van der Waals surface area contributed by atoms with Gasteiger partial charge in [0.1, 0.15) is 6.17 Å². The number of carbonyl (C=O) groups excluding carboxylic acids is 1. The van der Waals surface area contributed by atoms with Crippen molar-refractivity contribution in [3.05, 3.63) is 29.3 Å². The van der Waals surface area contributed by atoms with Gasteiger partial charge in [-0.2, -0.15) is 9.30 Å². The number of isocyanates is 1. The van der Waals surface area contributed by atoms with Crippen LogP contribution in [0.4, 0.5) is 0 Å². The first kappa shape index (κ1) is 13.9. The lowest BCUT2D eigenvalue weighted by atomic mass is 10.2. The SMILES string of the molecule is Cc1ccc(S(=O)(=O)N2CCCC2N=C=O)c(C)c1. The third kappa shape index (κ3) is 2.61. The Labute approximate surface area is 113 Å². The van der Waals surface area contributed by atoms with Gasteiger partial charge in [-0.25, -0.2) is 13.2 Å². The van der Waals surface area contributed by atoms with E-state index in [9.17, 15) is 13.2 Å². The van der Waals surface area contributed by atoms with Crippen molar-refractivity contribution in [1.82, 2.24) is 4.31 Å². The van der Waals surface area contributed by atoms with Gasteiger partial charge < -0.3 is 0 Å². The molecular formula is C13H16N2O3S. The highest BCUT2D eigenvalue weighted by Gasteiger charge is 2.35. The van der Waals surface area contributed by atoms with Gasteiger partial charge in [-0.15, -0.1) is 0 Å². The minimum Gasteiger partial charge on any atom is -0.211 e. The first-order chi connectivity index (χ1) is 8.96. The molecule has 1 heterocycles. The van der Waals surface area contributed by atoms with Crippen molar-refractivity contribution in [2.24, 2.45) is 4.99 Å². The minimum absolute atomic E-state index is 0.283. The van der Waals surface area contributed by atoms with Crippen LogP contribution < -0.4 is 0 Å². The Morgan fingerprint density at radius 1 is 1.37 bits per heavy atom. The number of aryl methyl sites for hydroxylation is 2. The summed E-state index contributed by atoms with van der Waals surface area (Å²) >= 11 is 0. The number of aliphatic imine (C=N–C) groups is 1. The Morgan fingerprint density at radius 3 is 2.74 bits per heavy atom. The van der Waals surface area contributed by atoms with Crippen LogP contribution in [0.2, 0.25) is 0 Å². The Kier molecular flexibility index (Phi) is 3.85. The van der Waals surface area contributed by atoms with Gasteiger partial charge in [0, 0.05) is 6.54 Å². The van der Waals surface area contributed by atoms with Crippen molar-refractivity contribution in [2.45, 2.75) is 37.8 Å². The van der Waals surface area contributed by atoms with Crippen LogP contribution in [0.25, 0.3) is 0 Å². The Bertz CT molecular complexity index is 633. The molecule has 0 spiro atoms. The lowest BCUT2D eigenvalue weighted by Crippen LogP contribution is -2.34. The molecule has 1 aliphatic heterocycles. The summed E-state index contributed by atoms with van der Waals surface area (Å²) in [4.78, 5) is 14.2. The topological polar surface area (TPSA) is 66.8 Å². The van der Waals surface area contributed by atoms with E-state index >= 15 is 0 Å². The van der Waals surface area contributed by atoms with Crippen molar-refractivity contribution in [3.63, 3.8) is 0 Å². The predicted octanol–water partition coefficient (Wildman–Crippen LogP) is 1.75. The van der Waals surface area contributed by atoms with E-state index in [-0.39, 0.29) is 4.90 Å². The molecule has 0 amide bonds. The fourth-order valence-electron chi connectivity index (χ4n) is 2.41. The molecule has 1 fully saturated rings. The standard InChI is InChI=1S/C13H16N2O3S/c1-10-5-6-12(11(2)8-10)19(17,18)15-7-3-4-13(15)14-9-16/h5-6,8,13H,3-4,7H2,1-2H3. The van der Waals surface area contributed by atoms with Crippen molar-refractivity contribution >= 4 is 16.1 Å². The second-order valence-electron chi connectivity index (χ2n) is 4.73. The number of hydrogen-bond acceptors (Lipinski definition) is 4. The average molecular weight is 280 g/mol. The second kappa shape index (κ2) is 5.25. The largest absolute Gasteiger partial charge is 0.245 e. The van der Waals surface area contributed by atoms with E-state index in [1.165, 1.54) is 10.4 Å². The summed E-state index contributed by atoms with van der Waals surface area (Å²) in [5.74, 6) is 0. The van der Waals surface area contributed by atoms with E-state index in [2.05, 4.69) is 4.99 Å². The first-order valence-electron chi connectivity index (χ1n) is 6.13. The second-order valence-corrected chi connectivity index (χ2v) is 6.59. The van der Waals surface area contributed by atoms with Crippen LogP contribution >= 0.6 is 0 Å². The maximum absolute atomic E-state index is 12.6. The molecule has 1 aliphatic rings. The Hall–Kier alpha value is -1.49. The normalized spacial score (nSPS) is 20.2. The van der Waals surface area contributed by atoms with E-state index in [0.717, 1.165) is 5.56 Å². The fourth-order valence-corrected chi connectivity index (χ4v) is 4.21. The average Bonchev–Trinajstić information content (AvgIpc) is 2.78. The highest BCUT2D eigenvalue weighted by atomic mass is 32.2. The molecule has 0 aromatic heterocycles. The maximum Gasteiger partial charge on any atom is 0.245 e. The van der Waals surface area contributed by atoms with Gasteiger partial charge in [0.15, 0.2) is 0 Å². The molecule has 6 heteroatoms. The fraction of sp³-hybridized carbons (Fsp3) is 0.462. The number of sulfonamides is 1. The third-order valence-corrected chi connectivity index (χ3v) is 5.35. The van der Waals surface area contributed by atoms with Gasteiger partial charge in [0.05, 0.1) is 4.90 Å². The minimum atomic E-state index is -3.60. The van der Waals surface area contributed by atoms with Crippen LogP contribution in [0.1, 0.15) is 24.0 Å². The number of rotatable bonds is 3. The molecule has 1 unspecified atom stereocenters. The number of hydrogen-bond donors (Lipinski definition) is 0. The van der Waals surface area contributed by atoms with Crippen LogP contribution in [0.15, 0.2) is 28.1 Å². The molecule has 0 radical (unpaired) electrons. The van der Waals surface area contributed by atoms with Crippen LogP contribution in [0.5, 0.6) is 0 Å². The van der Waals surface area contributed by atoms with Gasteiger partial charge in [-0.1, -0.05) is 17.7 Å². The summed E-state index contributed by atoms with van der Waals surface area (Å²) in [6.07, 6.45) is 2.12. The van der Waals surface area contributed by atoms with E-state index in [4.69, 9.17) is 0 Å². The Morgan fingerprint density at radius 2 is 2.11 bits per heavy atom. The van der Waals surface area contributed by atoms with Crippen LogP contribution in [0, 0.1) is 13.8 Å². The zero-order valence-electron chi connectivity index (χ0n) is 11.0. The number of nitrogens with zero attached hydrogens (tertiary/aromatic N) is 2. The van der Waals surface area contributed by atoms with Crippen molar-refractivity contribution in [2.75, 3.05) is 6.54 Å². The van der Waals surface area contributed by atoms with E-state index in [1.807, 2.05) is 13.0 Å². The molecule has 0 N–H and O–H groups in total. The maximum atomic E-state index is 12.6. The van der Waals surface area contributed by atoms with Crippen LogP contribution in [-0.2, 0) is 14.8 Å². The van der Waals surface area contributed by atoms with Crippen molar-refractivity contribution in [1.29, 1.82) is 0 Å². The lowest BCUT2D eigenvalue weighted by Gasteiger charge is -2.21. The van der Waals surface area contributed by atoms with Gasteiger partial charge in [-0.3, -0.25) is 0 Å². The molecule has 0 aliphatic carbocycles. The lowest BCUT2D eigenvalue weighted by molar-refractivity contribution is 0.395. The molecule has 102 valence electrons. The number of benzene rings is 1. The molecule has 1 aromatic rings. The molecule has 0 saturated carbocycles. The summed E-state index contributed by atoms with van der Waals surface area (Å²) in [5, 5.41) is 0. The van der Waals surface area contributed by atoms with Crippen molar-refractivity contribution in [3.8, 4) is 0 Å². The van der Waals surface area contributed by atoms with Crippen LogP contribution in [-0.4, -0.2) is 31.5 Å². The molecule has 0 bridgehead atoms. The molecule has 2 rings (SSSR count). The monoisotopic (exact) mass is 280 g/mol. The summed E-state index contributed by atoms with van der Waals surface area (Å²) < 4.78 is 26.5. The molecule has 1 saturated heterocycles. The van der Waals surface area contributed by atoms with Gasteiger partial charge in [-0.05, 0) is 38.3 Å². The van der Waals surface area contributed by atoms with E-state index in [0.29, 0.717) is 24.9 Å². The Balaban J connectivity index is 2.44. The zero-order chi connectivity index (χ0) is 14.0. The summed E-state index contributed by atoms with van der Waals surface area (Å²) in [7, 11) is -3.60. The molecular weight excluding hydrogens is 264 g/mol. The molecule has 1 atom stereocenters. The highest BCUT2D eigenvalue weighted by Crippen LogP contribution is 2.28. The third-order valence-electron chi connectivity index (χ3n) is 3.29. The van der Waals surface area contributed by atoms with Gasteiger partial charge in [0.2, 0.25) is 16.1 Å². The van der Waals surface area contributed by atoms with E-state index in [1.54, 1.807) is 19.1 Å². The zero-order valence-corrected chi connectivity index (χ0v) is 11.8. The molecule has 5 nitrogen and oxygen atoms in total. The van der Waals surface area contributed by atoms with E-state index < -0.39 is 16.2 Å². The summed E-state index contributed by atoms with van der Waals surface area (Å²) in [5.41, 5.74) is 1.72. The molecule has 19 heavy (non-hydrogen) atoms. The summed E-state index contributed by atoms with van der Waals surface area (Å²) in [6.45, 7) is 4.08. The van der Waals surface area contributed by atoms with Crippen molar-refractivity contribution < 1.29 is 13.2 Å². The quantitative estimate of drug-likeness (QED) is 0.626. The first-order valence-corrected chi connectivity index (χ1v) is 7.57. The van der Waals surface area contributed by atoms with Gasteiger partial charge >= 0.3 is 0 Å². The molecule has 1 aromatic carbocycles. The van der Waals surface area contributed by atoms with Gasteiger partial charge in [0.25, 0.3) is 0 Å². The van der Waals surface area contributed by atoms with Crippen LogP contribution in [0.3, 0.4) is 0 Å². The summed E-state index contributed by atoms with van der Waals surface area (Å²) in [6, 6.07) is 5.22.